The van der Waals surface area contributed by atoms with Crippen LogP contribution in [-0.2, 0) is 0 Å². The minimum atomic E-state index is -0.0686. The van der Waals surface area contributed by atoms with Crippen molar-refractivity contribution >= 4 is 29.2 Å². The fourth-order valence-corrected chi connectivity index (χ4v) is 1.77. The summed E-state index contributed by atoms with van der Waals surface area (Å²) in [5, 5.41) is 2.86. The largest absolute Gasteiger partial charge is 0.429 e. The van der Waals surface area contributed by atoms with Crippen LogP contribution in [0.25, 0.3) is 11.1 Å². The highest BCUT2D eigenvalue weighted by Crippen LogP contribution is 2.15. The molecule has 1 aromatic heterocycles. The topological polar surface area (TPSA) is 58.0 Å². The van der Waals surface area contributed by atoms with Crippen molar-refractivity contribution in [3.8, 4) is 0 Å². The number of hydrogen-bond donors (Lipinski definition) is 2. The van der Waals surface area contributed by atoms with E-state index in [0.29, 0.717) is 22.5 Å². The molecule has 90 valence electrons. The summed E-state index contributed by atoms with van der Waals surface area (Å²) in [6.45, 7) is 2.79. The van der Waals surface area contributed by atoms with Crippen molar-refractivity contribution in [2.75, 3.05) is 6.54 Å². The number of amides is 1. The lowest BCUT2D eigenvalue weighted by molar-refractivity contribution is 0.0953. The SMILES string of the molecule is CCCCNC(=O)c1ccc2oc(=S)[nH]c2c1. The van der Waals surface area contributed by atoms with Crippen LogP contribution in [0.1, 0.15) is 30.1 Å². The number of aromatic amines is 1. The van der Waals surface area contributed by atoms with Crippen LogP contribution < -0.4 is 5.32 Å². The number of H-pyrrole nitrogens is 1. The maximum Gasteiger partial charge on any atom is 0.266 e. The van der Waals surface area contributed by atoms with Crippen LogP contribution in [-0.4, -0.2) is 17.4 Å². The molecule has 0 aliphatic carbocycles. The zero-order valence-electron chi connectivity index (χ0n) is 9.58. The van der Waals surface area contributed by atoms with E-state index >= 15 is 0 Å². The van der Waals surface area contributed by atoms with Crippen molar-refractivity contribution in [2.24, 2.45) is 0 Å². The second-order valence-corrected chi connectivity index (χ2v) is 4.21. The molecule has 0 spiro atoms. The molecule has 4 nitrogen and oxygen atoms in total. The quantitative estimate of drug-likeness (QED) is 0.647. The predicted octanol–water partition coefficient (Wildman–Crippen LogP) is 3.02. The van der Waals surface area contributed by atoms with Gasteiger partial charge in [-0.15, -0.1) is 0 Å². The predicted molar refractivity (Wildman–Crippen MR) is 68.6 cm³/mol. The molecule has 0 bridgehead atoms. The van der Waals surface area contributed by atoms with Gasteiger partial charge in [0.1, 0.15) is 0 Å². The lowest BCUT2D eigenvalue weighted by Crippen LogP contribution is -2.24. The van der Waals surface area contributed by atoms with E-state index in [0.717, 1.165) is 18.4 Å². The molecule has 2 rings (SSSR count). The van der Waals surface area contributed by atoms with Gasteiger partial charge in [-0.3, -0.25) is 4.79 Å². The van der Waals surface area contributed by atoms with Gasteiger partial charge >= 0.3 is 0 Å². The third-order valence-corrected chi connectivity index (χ3v) is 2.68. The molecular weight excluding hydrogens is 236 g/mol. The molecule has 2 aromatic rings. The van der Waals surface area contributed by atoms with Gasteiger partial charge in [0.2, 0.25) is 0 Å². The Bertz CT molecular complexity index is 585. The second kappa shape index (κ2) is 5.14. The molecule has 0 saturated carbocycles. The van der Waals surface area contributed by atoms with Crippen molar-refractivity contribution in [1.29, 1.82) is 0 Å². The Morgan fingerprint density at radius 2 is 2.35 bits per heavy atom. The molecule has 0 radical (unpaired) electrons. The number of benzene rings is 1. The summed E-state index contributed by atoms with van der Waals surface area (Å²) < 4.78 is 5.23. The van der Waals surface area contributed by atoms with Crippen molar-refractivity contribution in [3.63, 3.8) is 0 Å². The van der Waals surface area contributed by atoms with E-state index in [1.54, 1.807) is 18.2 Å². The van der Waals surface area contributed by atoms with Crippen molar-refractivity contribution < 1.29 is 9.21 Å². The van der Waals surface area contributed by atoms with Gasteiger partial charge in [0, 0.05) is 12.1 Å². The number of fused-ring (bicyclic) bond motifs is 1. The molecule has 2 N–H and O–H groups in total. The number of carbonyl (C=O) groups is 1. The number of nitrogens with one attached hydrogen (secondary N) is 2. The molecule has 0 aliphatic heterocycles. The summed E-state index contributed by atoms with van der Waals surface area (Å²) in [6, 6.07) is 5.22. The summed E-state index contributed by atoms with van der Waals surface area (Å²) in [4.78, 5) is 15.0. The summed E-state index contributed by atoms with van der Waals surface area (Å²) in [5.74, 6) is -0.0686. The van der Waals surface area contributed by atoms with Crippen LogP contribution in [0.4, 0.5) is 0 Å². The molecule has 0 unspecified atom stereocenters. The van der Waals surface area contributed by atoms with Gasteiger partial charge in [-0.05, 0) is 36.8 Å². The Balaban J connectivity index is 2.17. The van der Waals surface area contributed by atoms with Gasteiger partial charge in [-0.2, -0.15) is 0 Å². The molecule has 0 fully saturated rings. The number of rotatable bonds is 4. The van der Waals surface area contributed by atoms with Crippen molar-refractivity contribution in [1.82, 2.24) is 10.3 Å². The first-order chi connectivity index (χ1) is 8.20. The molecule has 1 aromatic carbocycles. The van der Waals surface area contributed by atoms with Crippen LogP contribution in [0.5, 0.6) is 0 Å². The second-order valence-electron chi connectivity index (χ2n) is 3.83. The molecule has 1 heterocycles. The maximum absolute atomic E-state index is 11.8. The number of aromatic nitrogens is 1. The van der Waals surface area contributed by atoms with E-state index in [2.05, 4.69) is 17.2 Å². The van der Waals surface area contributed by atoms with Gasteiger partial charge in [0.25, 0.3) is 10.7 Å². The van der Waals surface area contributed by atoms with Gasteiger partial charge in [-0.25, -0.2) is 0 Å². The Morgan fingerprint density at radius 1 is 1.53 bits per heavy atom. The Morgan fingerprint density at radius 3 is 3.12 bits per heavy atom. The fraction of sp³-hybridized carbons (Fsp3) is 0.333. The van der Waals surface area contributed by atoms with Crippen LogP contribution in [0.2, 0.25) is 0 Å². The molecule has 0 aliphatic rings. The first-order valence-electron chi connectivity index (χ1n) is 5.62. The fourth-order valence-electron chi connectivity index (χ4n) is 1.57. The van der Waals surface area contributed by atoms with Gasteiger partial charge in [-0.1, -0.05) is 13.3 Å². The Kier molecular flexibility index (Phi) is 3.58. The van der Waals surface area contributed by atoms with Crippen LogP contribution >= 0.6 is 12.2 Å². The Labute approximate surface area is 104 Å². The van der Waals surface area contributed by atoms with E-state index < -0.39 is 0 Å². The highest BCUT2D eigenvalue weighted by Gasteiger charge is 2.07. The minimum Gasteiger partial charge on any atom is -0.429 e. The average Bonchev–Trinajstić information content (AvgIpc) is 2.68. The number of carbonyl (C=O) groups excluding carboxylic acids is 1. The standard InChI is InChI=1S/C12H14N2O2S/c1-2-3-6-13-11(15)8-4-5-10-9(7-8)14-12(17)16-10/h4-5,7H,2-3,6H2,1H3,(H,13,15)(H,14,17). The molecular formula is C12H14N2O2S. The van der Waals surface area contributed by atoms with E-state index in [9.17, 15) is 4.79 Å². The maximum atomic E-state index is 11.8. The first kappa shape index (κ1) is 11.9. The molecule has 5 heteroatoms. The van der Waals surface area contributed by atoms with Gasteiger partial charge in [0.05, 0.1) is 5.52 Å². The zero-order chi connectivity index (χ0) is 12.3. The lowest BCUT2D eigenvalue weighted by atomic mass is 10.2. The van der Waals surface area contributed by atoms with Crippen molar-refractivity contribution in [2.45, 2.75) is 19.8 Å². The minimum absolute atomic E-state index is 0.0686. The summed E-state index contributed by atoms with van der Waals surface area (Å²) >= 11 is 4.88. The highest BCUT2D eigenvalue weighted by molar-refractivity contribution is 7.71. The van der Waals surface area contributed by atoms with E-state index in [1.165, 1.54) is 0 Å². The summed E-state index contributed by atoms with van der Waals surface area (Å²) in [7, 11) is 0. The van der Waals surface area contributed by atoms with Crippen LogP contribution in [0.3, 0.4) is 0 Å². The number of oxazole rings is 1. The monoisotopic (exact) mass is 250 g/mol. The van der Waals surface area contributed by atoms with E-state index in [4.69, 9.17) is 16.6 Å². The Hall–Kier alpha value is -1.62. The first-order valence-corrected chi connectivity index (χ1v) is 6.02. The van der Waals surface area contributed by atoms with Crippen LogP contribution in [0.15, 0.2) is 22.6 Å². The molecule has 0 atom stereocenters. The normalized spacial score (nSPS) is 10.6. The average molecular weight is 250 g/mol. The molecule has 1 amide bonds. The van der Waals surface area contributed by atoms with E-state index in [-0.39, 0.29) is 5.91 Å². The van der Waals surface area contributed by atoms with Gasteiger partial charge in [0.15, 0.2) is 5.58 Å². The molecule has 17 heavy (non-hydrogen) atoms. The smallest absolute Gasteiger partial charge is 0.266 e. The van der Waals surface area contributed by atoms with Gasteiger partial charge < -0.3 is 14.7 Å². The highest BCUT2D eigenvalue weighted by atomic mass is 32.1. The van der Waals surface area contributed by atoms with Crippen molar-refractivity contribution in [3.05, 3.63) is 28.6 Å². The number of hydrogen-bond acceptors (Lipinski definition) is 3. The van der Waals surface area contributed by atoms with Crippen LogP contribution in [0, 0.1) is 4.84 Å². The summed E-state index contributed by atoms with van der Waals surface area (Å²) in [6.07, 6.45) is 2.05. The molecule has 0 saturated heterocycles. The number of unbranched alkanes of at least 4 members (excludes halogenated alkanes) is 1. The zero-order valence-corrected chi connectivity index (χ0v) is 10.4. The third-order valence-electron chi connectivity index (χ3n) is 2.50. The summed E-state index contributed by atoms with van der Waals surface area (Å²) in [5.41, 5.74) is 2.03. The lowest BCUT2D eigenvalue weighted by Gasteiger charge is -2.03. The van der Waals surface area contributed by atoms with E-state index in [1.807, 2.05) is 0 Å². The third kappa shape index (κ3) is 2.74.